The first-order valence-electron chi connectivity index (χ1n) is 21.9. The fourth-order valence-corrected chi connectivity index (χ4v) is 7.71. The van der Waals surface area contributed by atoms with Crippen molar-refractivity contribution in [1.82, 2.24) is 0 Å². The Morgan fingerprint density at radius 2 is 1.11 bits per heavy atom. The highest BCUT2D eigenvalue weighted by Gasteiger charge is 2.64. The van der Waals surface area contributed by atoms with E-state index in [0.29, 0.717) is 43.2 Å². The number of aliphatic hydroxyl groups excluding tert-OH is 1. The van der Waals surface area contributed by atoms with E-state index in [2.05, 4.69) is 20.8 Å². The molecule has 334 valence electrons. The van der Waals surface area contributed by atoms with Gasteiger partial charge in [-0.25, -0.2) is 0 Å². The molecule has 1 fully saturated rings. The minimum atomic E-state index is -2.06. The molecule has 4 aromatic rings. The van der Waals surface area contributed by atoms with Crippen molar-refractivity contribution >= 4 is 11.6 Å². The quantitative estimate of drug-likeness (QED) is 0.0563. The van der Waals surface area contributed by atoms with E-state index in [4.69, 9.17) is 49.5 Å². The van der Waals surface area contributed by atoms with Crippen LogP contribution in [0.5, 0.6) is 11.5 Å². The van der Waals surface area contributed by atoms with Gasteiger partial charge in [-0.15, -0.1) is 0 Å². The molecule has 1 aliphatic rings. The standard InChI is InChI=1S/C50H67ClO10/c1-6-9-28-58-46-47(59-29-10-7-2)49(35-56-33-39-16-21-43(54-4)22-17-39,36-57-34-40-18-23-44(55-5)24-19-40)61-50(53,48(46)60-30-11-8-3)42-20-25-45(51)41(32-42)31-38-14-12-37(13-15-38)26-27-52/h12-25,32,46-48,52-53H,6-11,26-31,33-36H2,1-5H3/t46-,47-,48?,50?/m0/s1. The van der Waals surface area contributed by atoms with Gasteiger partial charge in [0.2, 0.25) is 5.79 Å². The van der Waals surface area contributed by atoms with E-state index in [9.17, 15) is 10.2 Å². The largest absolute Gasteiger partial charge is 0.497 e. The highest BCUT2D eigenvalue weighted by atomic mass is 35.5. The van der Waals surface area contributed by atoms with Crippen LogP contribution in [0.4, 0.5) is 0 Å². The molecule has 1 heterocycles. The SMILES string of the molecule is CCCCOC1[C@@H](OCCCC)[C@H](OCCCC)C(COCc2ccc(OC)cc2)(COCc2ccc(OC)cc2)OC1(O)c1ccc(Cl)c(Cc2ccc(CCO)cc2)c1. The summed E-state index contributed by atoms with van der Waals surface area (Å²) >= 11 is 6.92. The second-order valence-corrected chi connectivity index (χ2v) is 16.2. The molecule has 2 unspecified atom stereocenters. The van der Waals surface area contributed by atoms with Crippen LogP contribution >= 0.6 is 11.6 Å². The number of unbranched alkanes of at least 4 members (excludes halogenated alkanes) is 3. The number of ether oxygens (including phenoxy) is 8. The maximum atomic E-state index is 13.5. The van der Waals surface area contributed by atoms with Crippen molar-refractivity contribution < 1.29 is 48.1 Å². The molecule has 1 saturated heterocycles. The Balaban J connectivity index is 1.62. The number of halogens is 1. The minimum Gasteiger partial charge on any atom is -0.497 e. The molecule has 0 radical (unpaired) electrons. The molecular formula is C50H67ClO10. The van der Waals surface area contributed by atoms with E-state index in [1.165, 1.54) is 0 Å². The third-order valence-electron chi connectivity index (χ3n) is 11.1. The molecule has 0 bridgehead atoms. The first kappa shape index (κ1) is 48.5. The fraction of sp³-hybridized carbons (Fsp3) is 0.520. The van der Waals surface area contributed by atoms with E-state index >= 15 is 0 Å². The summed E-state index contributed by atoms with van der Waals surface area (Å²) in [6.45, 7) is 8.16. The molecule has 4 aromatic carbocycles. The Labute approximate surface area is 368 Å². The summed E-state index contributed by atoms with van der Waals surface area (Å²) in [6, 6.07) is 29.1. The van der Waals surface area contributed by atoms with E-state index in [1.54, 1.807) is 26.4 Å². The Hall–Kier alpha value is -3.55. The van der Waals surface area contributed by atoms with Crippen LogP contribution in [0.2, 0.25) is 5.02 Å². The summed E-state index contributed by atoms with van der Waals surface area (Å²) in [7, 11) is 3.28. The highest BCUT2D eigenvalue weighted by molar-refractivity contribution is 6.31. The van der Waals surface area contributed by atoms with Gasteiger partial charge in [0.25, 0.3) is 0 Å². The molecule has 0 saturated carbocycles. The van der Waals surface area contributed by atoms with Crippen molar-refractivity contribution in [2.45, 2.75) is 115 Å². The van der Waals surface area contributed by atoms with Gasteiger partial charge in [0, 0.05) is 37.0 Å². The Kier molecular flexibility index (Phi) is 19.8. The van der Waals surface area contributed by atoms with Gasteiger partial charge >= 0.3 is 0 Å². The lowest BCUT2D eigenvalue weighted by Crippen LogP contribution is -2.73. The van der Waals surface area contributed by atoms with Gasteiger partial charge in [-0.2, -0.15) is 0 Å². The predicted octanol–water partition coefficient (Wildman–Crippen LogP) is 9.39. The second-order valence-electron chi connectivity index (χ2n) is 15.8. The van der Waals surface area contributed by atoms with Crippen molar-refractivity contribution in [2.75, 3.05) is 53.9 Å². The van der Waals surface area contributed by atoms with Crippen LogP contribution in [0, 0.1) is 0 Å². The minimum absolute atomic E-state index is 0.00328. The summed E-state index contributed by atoms with van der Waals surface area (Å²) in [5.41, 5.74) is 3.84. The van der Waals surface area contributed by atoms with Crippen LogP contribution in [-0.4, -0.2) is 88.0 Å². The highest BCUT2D eigenvalue weighted by Crippen LogP contribution is 2.46. The smallest absolute Gasteiger partial charge is 0.223 e. The van der Waals surface area contributed by atoms with Gasteiger partial charge < -0.3 is 48.1 Å². The van der Waals surface area contributed by atoms with Gasteiger partial charge in [-0.1, -0.05) is 106 Å². The number of hydrogen-bond acceptors (Lipinski definition) is 10. The number of benzene rings is 4. The zero-order valence-electron chi connectivity index (χ0n) is 36.7. The van der Waals surface area contributed by atoms with Crippen molar-refractivity contribution in [3.8, 4) is 11.5 Å². The van der Waals surface area contributed by atoms with E-state index < -0.39 is 29.7 Å². The van der Waals surface area contributed by atoms with Gasteiger partial charge in [0.15, 0.2) is 0 Å². The van der Waals surface area contributed by atoms with E-state index in [-0.39, 0.29) is 33.0 Å². The molecule has 4 atom stereocenters. The van der Waals surface area contributed by atoms with Crippen molar-refractivity contribution in [3.05, 3.63) is 129 Å². The number of rotatable bonds is 27. The van der Waals surface area contributed by atoms with E-state index in [1.807, 2.05) is 78.9 Å². The zero-order valence-corrected chi connectivity index (χ0v) is 37.5. The van der Waals surface area contributed by atoms with Gasteiger partial charge in [0.05, 0.1) is 40.6 Å². The summed E-state index contributed by atoms with van der Waals surface area (Å²) in [6.07, 6.45) is 3.65. The maximum Gasteiger partial charge on any atom is 0.223 e. The van der Waals surface area contributed by atoms with Crippen molar-refractivity contribution in [2.24, 2.45) is 0 Å². The predicted molar refractivity (Wildman–Crippen MR) is 238 cm³/mol. The summed E-state index contributed by atoms with van der Waals surface area (Å²) in [4.78, 5) is 0. The molecule has 0 aromatic heterocycles. The van der Waals surface area contributed by atoms with Crippen LogP contribution in [-0.2, 0) is 60.3 Å². The maximum absolute atomic E-state index is 13.5. The van der Waals surface area contributed by atoms with Crippen molar-refractivity contribution in [1.29, 1.82) is 0 Å². The molecule has 10 nitrogen and oxygen atoms in total. The molecule has 61 heavy (non-hydrogen) atoms. The van der Waals surface area contributed by atoms with Gasteiger partial charge in [-0.3, -0.25) is 0 Å². The lowest BCUT2D eigenvalue weighted by molar-refractivity contribution is -0.411. The molecule has 0 amide bonds. The van der Waals surface area contributed by atoms with Crippen LogP contribution in [0.15, 0.2) is 91.0 Å². The molecule has 0 aliphatic carbocycles. The second kappa shape index (κ2) is 24.9. The van der Waals surface area contributed by atoms with Gasteiger partial charge in [-0.05, 0) is 96.3 Å². The number of hydrogen-bond donors (Lipinski definition) is 2. The molecule has 5 rings (SSSR count). The average Bonchev–Trinajstić information content (AvgIpc) is 3.27. The topological polar surface area (TPSA) is 114 Å². The molecule has 2 N–H and O–H groups in total. The lowest BCUT2D eigenvalue weighted by Gasteiger charge is -2.56. The number of aliphatic hydroxyl groups is 2. The summed E-state index contributed by atoms with van der Waals surface area (Å²) < 4.78 is 51.8. The summed E-state index contributed by atoms with van der Waals surface area (Å²) in [5.74, 6) is -0.564. The molecular weight excluding hydrogens is 796 g/mol. The Bertz CT molecular complexity index is 1780. The molecule has 0 spiro atoms. The molecule has 11 heteroatoms. The molecule has 1 aliphatic heterocycles. The normalized spacial score (nSPS) is 19.8. The van der Waals surface area contributed by atoms with Crippen LogP contribution in [0.1, 0.15) is 92.7 Å². The monoisotopic (exact) mass is 862 g/mol. The van der Waals surface area contributed by atoms with Crippen LogP contribution < -0.4 is 9.47 Å². The zero-order chi connectivity index (χ0) is 43.5. The van der Waals surface area contributed by atoms with E-state index in [0.717, 1.165) is 77.8 Å². The van der Waals surface area contributed by atoms with Crippen LogP contribution in [0.3, 0.4) is 0 Å². The lowest BCUT2D eigenvalue weighted by atomic mass is 9.80. The third-order valence-corrected chi connectivity index (χ3v) is 11.5. The average molecular weight is 864 g/mol. The van der Waals surface area contributed by atoms with Crippen LogP contribution in [0.25, 0.3) is 0 Å². The fourth-order valence-electron chi connectivity index (χ4n) is 7.53. The summed E-state index contributed by atoms with van der Waals surface area (Å²) in [5, 5.41) is 23.5. The third kappa shape index (κ3) is 13.5. The first-order valence-corrected chi connectivity index (χ1v) is 22.3. The van der Waals surface area contributed by atoms with Gasteiger partial charge in [0.1, 0.15) is 35.4 Å². The Morgan fingerprint density at radius 1 is 0.623 bits per heavy atom. The Morgan fingerprint density at radius 3 is 1.62 bits per heavy atom. The van der Waals surface area contributed by atoms with Crippen molar-refractivity contribution in [3.63, 3.8) is 0 Å². The first-order chi connectivity index (χ1) is 29.7. The number of methoxy groups -OCH3 is 2.